The predicted octanol–water partition coefficient (Wildman–Crippen LogP) is 4.08. The van der Waals surface area contributed by atoms with Crippen molar-refractivity contribution in [3.05, 3.63) is 64.0 Å². The van der Waals surface area contributed by atoms with E-state index in [1.54, 1.807) is 54.6 Å². The molecule has 0 aliphatic carbocycles. The van der Waals surface area contributed by atoms with Gasteiger partial charge in [-0.25, -0.2) is 9.79 Å². The molecule has 6 nitrogen and oxygen atoms in total. The van der Waals surface area contributed by atoms with Crippen LogP contribution >= 0.6 is 23.4 Å². The second kappa shape index (κ2) is 8.28. The van der Waals surface area contributed by atoms with E-state index in [9.17, 15) is 9.59 Å². The number of carboxylic acids is 1. The first kappa shape index (κ1) is 19.0. The number of ether oxygens (including phenoxy) is 1. The molecule has 1 aliphatic heterocycles. The summed E-state index contributed by atoms with van der Waals surface area (Å²) in [6.45, 7) is 1.46. The summed E-state index contributed by atoms with van der Waals surface area (Å²) < 4.78 is 5.28. The minimum absolute atomic E-state index is 0.229. The van der Waals surface area contributed by atoms with Gasteiger partial charge in [-0.05, 0) is 66.7 Å². The van der Waals surface area contributed by atoms with Crippen molar-refractivity contribution >= 4 is 52.2 Å². The van der Waals surface area contributed by atoms with Gasteiger partial charge in [0.05, 0.1) is 10.6 Å². The van der Waals surface area contributed by atoms with Gasteiger partial charge in [-0.1, -0.05) is 23.7 Å². The fourth-order valence-corrected chi connectivity index (χ4v) is 3.13. The van der Waals surface area contributed by atoms with Gasteiger partial charge in [-0.15, -0.1) is 0 Å². The summed E-state index contributed by atoms with van der Waals surface area (Å²) >= 11 is 7.09. The zero-order valence-corrected chi connectivity index (χ0v) is 15.8. The van der Waals surface area contributed by atoms with Gasteiger partial charge < -0.3 is 15.2 Å². The van der Waals surface area contributed by atoms with Crippen molar-refractivity contribution in [1.29, 1.82) is 0 Å². The predicted molar refractivity (Wildman–Crippen MR) is 106 cm³/mol. The van der Waals surface area contributed by atoms with Crippen LogP contribution in [0.5, 0.6) is 5.75 Å². The van der Waals surface area contributed by atoms with Crippen molar-refractivity contribution < 1.29 is 19.4 Å². The smallest absolute Gasteiger partial charge is 0.344 e. The van der Waals surface area contributed by atoms with Gasteiger partial charge in [0.15, 0.2) is 11.3 Å². The van der Waals surface area contributed by atoms with Crippen molar-refractivity contribution in [2.24, 2.45) is 4.99 Å². The Morgan fingerprint density at radius 1 is 1.22 bits per heavy atom. The Hall–Kier alpha value is -2.77. The highest BCUT2D eigenvalue weighted by Gasteiger charge is 2.23. The molecule has 0 unspecified atom stereocenters. The monoisotopic (exact) mass is 402 g/mol. The Labute approximate surface area is 164 Å². The molecule has 1 amide bonds. The van der Waals surface area contributed by atoms with E-state index in [2.05, 4.69) is 10.3 Å². The molecule has 27 heavy (non-hydrogen) atoms. The summed E-state index contributed by atoms with van der Waals surface area (Å²) in [6, 6.07) is 13.8. The standard InChI is InChI=1S/C19H15ClN2O4S/c1-11(18(24)25)26-15-8-2-12(3-9-15)10-16-17(23)22-19(27-16)21-14-6-4-13(20)5-7-14/h2-11H,1H3,(H,24,25)(H,21,22,23)/b16-10+/t11-/m1/s1. The van der Waals surface area contributed by atoms with Crippen LogP contribution in [0.3, 0.4) is 0 Å². The van der Waals surface area contributed by atoms with E-state index in [0.717, 1.165) is 5.56 Å². The van der Waals surface area contributed by atoms with Crippen molar-refractivity contribution in [3.8, 4) is 5.75 Å². The van der Waals surface area contributed by atoms with E-state index in [1.165, 1.54) is 18.7 Å². The summed E-state index contributed by atoms with van der Waals surface area (Å²) in [4.78, 5) is 27.8. The van der Waals surface area contributed by atoms with Crippen LogP contribution < -0.4 is 10.1 Å². The zero-order valence-electron chi connectivity index (χ0n) is 14.2. The van der Waals surface area contributed by atoms with Gasteiger partial charge in [-0.2, -0.15) is 0 Å². The Balaban J connectivity index is 1.70. The van der Waals surface area contributed by atoms with Gasteiger partial charge in [0.25, 0.3) is 5.91 Å². The number of carbonyl (C=O) groups excluding carboxylic acids is 1. The summed E-state index contributed by atoms with van der Waals surface area (Å²) in [5.74, 6) is -0.819. The molecule has 1 saturated heterocycles. The first-order valence-corrected chi connectivity index (χ1v) is 9.15. The number of hydrogen-bond acceptors (Lipinski definition) is 5. The molecule has 1 aliphatic rings. The Bertz CT molecular complexity index is 924. The molecule has 2 aromatic rings. The fraction of sp³-hybridized carbons (Fsp3) is 0.105. The molecule has 2 N–H and O–H groups in total. The first-order valence-electron chi connectivity index (χ1n) is 7.95. The van der Waals surface area contributed by atoms with Crippen LogP contribution in [0.15, 0.2) is 58.4 Å². The van der Waals surface area contributed by atoms with Crippen LogP contribution in [0.25, 0.3) is 6.08 Å². The van der Waals surface area contributed by atoms with Gasteiger partial charge in [0, 0.05) is 5.02 Å². The highest BCUT2D eigenvalue weighted by Crippen LogP contribution is 2.28. The Morgan fingerprint density at radius 3 is 2.52 bits per heavy atom. The number of halogens is 1. The number of rotatable bonds is 5. The number of nitrogens with zero attached hydrogens (tertiary/aromatic N) is 1. The quantitative estimate of drug-likeness (QED) is 0.735. The zero-order chi connectivity index (χ0) is 19.4. The number of nitrogens with one attached hydrogen (secondary N) is 1. The highest BCUT2D eigenvalue weighted by molar-refractivity contribution is 8.18. The molecule has 8 heteroatoms. The molecule has 1 atom stereocenters. The van der Waals surface area contributed by atoms with Gasteiger partial charge in [-0.3, -0.25) is 4.79 Å². The molecule has 2 aromatic carbocycles. The van der Waals surface area contributed by atoms with Gasteiger partial charge in [0.2, 0.25) is 0 Å². The van der Waals surface area contributed by atoms with Crippen molar-refractivity contribution in [2.45, 2.75) is 13.0 Å². The molecular weight excluding hydrogens is 388 g/mol. The van der Waals surface area contributed by atoms with E-state index in [-0.39, 0.29) is 5.91 Å². The molecule has 0 aromatic heterocycles. The first-order chi connectivity index (χ1) is 12.9. The van der Waals surface area contributed by atoms with E-state index >= 15 is 0 Å². The van der Waals surface area contributed by atoms with Crippen LogP contribution in [0, 0.1) is 0 Å². The lowest BCUT2D eigenvalue weighted by Gasteiger charge is -2.10. The Morgan fingerprint density at radius 2 is 1.89 bits per heavy atom. The third-order valence-corrected chi connectivity index (χ3v) is 4.71. The van der Waals surface area contributed by atoms with Crippen LogP contribution in [0.2, 0.25) is 5.02 Å². The molecule has 0 radical (unpaired) electrons. The summed E-state index contributed by atoms with van der Waals surface area (Å²) in [5, 5.41) is 12.7. The maximum atomic E-state index is 12.1. The minimum Gasteiger partial charge on any atom is -0.479 e. The van der Waals surface area contributed by atoms with Crippen LogP contribution in [0.4, 0.5) is 5.69 Å². The van der Waals surface area contributed by atoms with Gasteiger partial charge >= 0.3 is 5.97 Å². The SMILES string of the molecule is C[C@@H](Oc1ccc(/C=C2/SC(=Nc3ccc(Cl)cc3)NC2=O)cc1)C(=O)O. The van der Waals surface area contributed by atoms with Crippen molar-refractivity contribution in [3.63, 3.8) is 0 Å². The number of benzene rings is 2. The summed E-state index contributed by atoms with van der Waals surface area (Å²) in [7, 11) is 0. The molecular formula is C19H15ClN2O4S. The third-order valence-electron chi connectivity index (χ3n) is 3.55. The fourth-order valence-electron chi connectivity index (χ4n) is 2.16. The Kier molecular flexibility index (Phi) is 5.83. The average Bonchev–Trinajstić information content (AvgIpc) is 2.97. The number of aliphatic carboxylic acids is 1. The highest BCUT2D eigenvalue weighted by atomic mass is 35.5. The maximum absolute atomic E-state index is 12.1. The van der Waals surface area contributed by atoms with E-state index in [4.69, 9.17) is 21.4 Å². The van der Waals surface area contributed by atoms with E-state index < -0.39 is 12.1 Å². The number of aliphatic imine (C=N–C) groups is 1. The number of hydrogen-bond donors (Lipinski definition) is 2. The van der Waals surface area contributed by atoms with Crippen LogP contribution in [-0.4, -0.2) is 28.3 Å². The molecule has 0 bridgehead atoms. The lowest BCUT2D eigenvalue weighted by atomic mass is 10.2. The van der Waals surface area contributed by atoms with Crippen molar-refractivity contribution in [2.75, 3.05) is 0 Å². The van der Waals surface area contributed by atoms with E-state index in [1.807, 2.05) is 0 Å². The molecule has 138 valence electrons. The summed E-state index contributed by atoms with van der Waals surface area (Å²) in [5.41, 5.74) is 1.48. The third kappa shape index (κ3) is 5.12. The van der Waals surface area contributed by atoms with E-state index in [0.29, 0.717) is 26.5 Å². The number of thioether (sulfide) groups is 1. The maximum Gasteiger partial charge on any atom is 0.344 e. The second-order valence-electron chi connectivity index (χ2n) is 5.63. The molecule has 0 saturated carbocycles. The number of amides is 1. The number of carbonyl (C=O) groups is 2. The lowest BCUT2D eigenvalue weighted by Crippen LogP contribution is -2.22. The molecule has 1 fully saturated rings. The largest absolute Gasteiger partial charge is 0.479 e. The second-order valence-corrected chi connectivity index (χ2v) is 7.09. The lowest BCUT2D eigenvalue weighted by molar-refractivity contribution is -0.144. The summed E-state index contributed by atoms with van der Waals surface area (Å²) in [6.07, 6.45) is 0.798. The van der Waals surface area contributed by atoms with Crippen molar-refractivity contribution in [1.82, 2.24) is 5.32 Å². The number of carboxylic acid groups (broad SMARTS) is 1. The van der Waals surface area contributed by atoms with Gasteiger partial charge in [0.1, 0.15) is 5.75 Å². The normalized spacial score (nSPS) is 17.8. The molecule has 3 rings (SSSR count). The number of amidine groups is 1. The minimum atomic E-state index is -1.03. The molecule has 1 heterocycles. The average molecular weight is 403 g/mol. The molecule has 0 spiro atoms. The topological polar surface area (TPSA) is 88.0 Å². The van der Waals surface area contributed by atoms with Crippen LogP contribution in [-0.2, 0) is 9.59 Å². The van der Waals surface area contributed by atoms with Crippen LogP contribution in [0.1, 0.15) is 12.5 Å².